The lowest BCUT2D eigenvalue weighted by atomic mass is 10.1. The number of anilines is 1. The zero-order valence-electron chi connectivity index (χ0n) is 10.1. The number of amides is 1. The molecule has 0 bridgehead atoms. The second-order valence-electron chi connectivity index (χ2n) is 4.07. The van der Waals surface area contributed by atoms with Crippen molar-refractivity contribution in [1.82, 2.24) is 0 Å². The molecule has 0 aliphatic rings. The Bertz CT molecular complexity index is 612. The van der Waals surface area contributed by atoms with Crippen molar-refractivity contribution in [2.45, 2.75) is 13.0 Å². The van der Waals surface area contributed by atoms with Crippen LogP contribution < -0.4 is 11.1 Å². The Morgan fingerprint density at radius 3 is 2.63 bits per heavy atom. The van der Waals surface area contributed by atoms with Crippen LogP contribution in [0.3, 0.4) is 0 Å². The van der Waals surface area contributed by atoms with Gasteiger partial charge in [0, 0.05) is 10.4 Å². The first-order valence-corrected chi connectivity index (χ1v) is 7.15. The van der Waals surface area contributed by atoms with Gasteiger partial charge in [-0.05, 0) is 37.3 Å². The average Bonchev–Trinajstić information content (AvgIpc) is 2.78. The summed E-state index contributed by atoms with van der Waals surface area (Å²) in [6.45, 7) is 2.00. The predicted octanol–water partition coefficient (Wildman–Crippen LogP) is 4.33. The highest BCUT2D eigenvalue weighted by atomic mass is 35.5. The van der Waals surface area contributed by atoms with Crippen molar-refractivity contribution in [3.63, 3.8) is 0 Å². The predicted molar refractivity (Wildman–Crippen MR) is 81.3 cm³/mol. The van der Waals surface area contributed by atoms with E-state index in [1.54, 1.807) is 18.2 Å². The van der Waals surface area contributed by atoms with Crippen LogP contribution in [0.4, 0.5) is 5.69 Å². The van der Waals surface area contributed by atoms with Gasteiger partial charge in [-0.1, -0.05) is 23.2 Å². The van der Waals surface area contributed by atoms with E-state index in [0.717, 1.165) is 9.21 Å². The topological polar surface area (TPSA) is 55.1 Å². The summed E-state index contributed by atoms with van der Waals surface area (Å²) in [5.74, 6) is -0.480. The molecule has 1 unspecified atom stereocenters. The van der Waals surface area contributed by atoms with Crippen LogP contribution in [0.2, 0.25) is 9.36 Å². The molecule has 0 fully saturated rings. The van der Waals surface area contributed by atoms with E-state index >= 15 is 0 Å². The molecule has 3 nitrogen and oxygen atoms in total. The number of primary amides is 1. The highest BCUT2D eigenvalue weighted by Gasteiger charge is 2.11. The maximum Gasteiger partial charge on any atom is 0.248 e. The molecule has 0 radical (unpaired) electrons. The number of benzene rings is 1. The Kier molecular flexibility index (Phi) is 4.34. The standard InChI is InChI=1S/C13H12Cl2N2OS/c1-7(11-4-5-12(15)19-11)17-10-6-8(13(16)18)2-3-9(10)14/h2-7,17H,1H3,(H2,16,18). The fourth-order valence-corrected chi connectivity index (χ4v) is 2.89. The third kappa shape index (κ3) is 3.41. The maximum atomic E-state index is 11.2. The molecular formula is C13H12Cl2N2OS. The van der Waals surface area contributed by atoms with E-state index in [0.29, 0.717) is 16.3 Å². The minimum Gasteiger partial charge on any atom is -0.376 e. The van der Waals surface area contributed by atoms with Gasteiger partial charge >= 0.3 is 0 Å². The zero-order chi connectivity index (χ0) is 14.0. The molecule has 1 amide bonds. The van der Waals surface area contributed by atoms with E-state index < -0.39 is 5.91 Å². The van der Waals surface area contributed by atoms with Crippen molar-refractivity contribution in [1.29, 1.82) is 0 Å². The van der Waals surface area contributed by atoms with Crippen molar-refractivity contribution in [3.05, 3.63) is 50.1 Å². The van der Waals surface area contributed by atoms with Crippen LogP contribution in [0.5, 0.6) is 0 Å². The van der Waals surface area contributed by atoms with Gasteiger partial charge < -0.3 is 11.1 Å². The molecule has 0 saturated carbocycles. The van der Waals surface area contributed by atoms with Crippen molar-refractivity contribution >= 4 is 46.1 Å². The number of halogens is 2. The first-order chi connectivity index (χ1) is 8.97. The summed E-state index contributed by atoms with van der Waals surface area (Å²) in [6, 6.07) is 8.74. The maximum absolute atomic E-state index is 11.2. The van der Waals surface area contributed by atoms with Crippen LogP contribution in [0.15, 0.2) is 30.3 Å². The average molecular weight is 315 g/mol. The van der Waals surface area contributed by atoms with E-state index in [1.807, 2.05) is 19.1 Å². The SMILES string of the molecule is CC(Nc1cc(C(N)=O)ccc1Cl)c1ccc(Cl)s1. The number of nitrogens with one attached hydrogen (secondary N) is 1. The molecule has 6 heteroatoms. The fraction of sp³-hybridized carbons (Fsp3) is 0.154. The molecule has 1 aromatic heterocycles. The van der Waals surface area contributed by atoms with Gasteiger partial charge in [0.05, 0.1) is 21.1 Å². The molecule has 19 heavy (non-hydrogen) atoms. The summed E-state index contributed by atoms with van der Waals surface area (Å²) in [6.07, 6.45) is 0. The monoisotopic (exact) mass is 314 g/mol. The first kappa shape index (κ1) is 14.2. The summed E-state index contributed by atoms with van der Waals surface area (Å²) >= 11 is 13.5. The van der Waals surface area contributed by atoms with E-state index in [1.165, 1.54) is 11.3 Å². The van der Waals surface area contributed by atoms with Gasteiger partial charge in [0.25, 0.3) is 0 Å². The minimum absolute atomic E-state index is 0.0399. The van der Waals surface area contributed by atoms with Crippen LogP contribution in [0, 0.1) is 0 Å². The molecule has 1 aromatic carbocycles. The van der Waals surface area contributed by atoms with Crippen LogP contribution in [-0.4, -0.2) is 5.91 Å². The highest BCUT2D eigenvalue weighted by Crippen LogP contribution is 2.31. The lowest BCUT2D eigenvalue weighted by Gasteiger charge is -2.15. The number of hydrogen-bond donors (Lipinski definition) is 2. The van der Waals surface area contributed by atoms with Crippen LogP contribution in [0.25, 0.3) is 0 Å². The van der Waals surface area contributed by atoms with Crippen molar-refractivity contribution < 1.29 is 4.79 Å². The summed E-state index contributed by atoms with van der Waals surface area (Å²) in [5.41, 5.74) is 6.35. The first-order valence-electron chi connectivity index (χ1n) is 5.58. The molecule has 0 aliphatic heterocycles. The largest absolute Gasteiger partial charge is 0.376 e. The van der Waals surface area contributed by atoms with Crippen LogP contribution in [0.1, 0.15) is 28.2 Å². The van der Waals surface area contributed by atoms with Gasteiger partial charge in [-0.3, -0.25) is 4.79 Å². The van der Waals surface area contributed by atoms with Gasteiger partial charge in [-0.25, -0.2) is 0 Å². The third-order valence-corrected chi connectivity index (χ3v) is 4.39. The molecule has 0 spiro atoms. The lowest BCUT2D eigenvalue weighted by molar-refractivity contribution is 0.100. The minimum atomic E-state index is -0.480. The summed E-state index contributed by atoms with van der Waals surface area (Å²) in [4.78, 5) is 12.2. The molecule has 3 N–H and O–H groups in total. The Hall–Kier alpha value is -1.23. The quantitative estimate of drug-likeness (QED) is 0.882. The summed E-state index contributed by atoms with van der Waals surface area (Å²) in [7, 11) is 0. The van der Waals surface area contributed by atoms with E-state index in [9.17, 15) is 4.79 Å². The zero-order valence-corrected chi connectivity index (χ0v) is 12.4. The Labute approximate surface area is 125 Å². The normalized spacial score (nSPS) is 12.2. The van der Waals surface area contributed by atoms with Gasteiger partial charge in [-0.2, -0.15) is 0 Å². The smallest absolute Gasteiger partial charge is 0.248 e. The van der Waals surface area contributed by atoms with Crippen molar-refractivity contribution in [2.75, 3.05) is 5.32 Å². The summed E-state index contributed by atoms with van der Waals surface area (Å²) < 4.78 is 0.737. The number of rotatable bonds is 4. The Morgan fingerprint density at radius 1 is 1.32 bits per heavy atom. The lowest BCUT2D eigenvalue weighted by Crippen LogP contribution is -2.12. The molecule has 0 saturated heterocycles. The molecule has 100 valence electrons. The van der Waals surface area contributed by atoms with Crippen molar-refractivity contribution in [3.8, 4) is 0 Å². The van der Waals surface area contributed by atoms with Gasteiger partial charge in [-0.15, -0.1) is 11.3 Å². The fourth-order valence-electron chi connectivity index (χ4n) is 1.65. The number of thiophene rings is 1. The summed E-state index contributed by atoms with van der Waals surface area (Å²) in [5, 5.41) is 3.79. The van der Waals surface area contributed by atoms with E-state index in [2.05, 4.69) is 5.32 Å². The molecule has 1 heterocycles. The number of nitrogens with two attached hydrogens (primary N) is 1. The second-order valence-corrected chi connectivity index (χ2v) is 6.22. The number of carbonyl (C=O) groups excluding carboxylic acids is 1. The van der Waals surface area contributed by atoms with Gasteiger partial charge in [0.1, 0.15) is 0 Å². The molecule has 2 aromatic rings. The van der Waals surface area contributed by atoms with Gasteiger partial charge in [0.15, 0.2) is 0 Å². The second kappa shape index (κ2) is 5.82. The van der Waals surface area contributed by atoms with E-state index in [4.69, 9.17) is 28.9 Å². The Balaban J connectivity index is 2.22. The number of hydrogen-bond acceptors (Lipinski definition) is 3. The number of carbonyl (C=O) groups is 1. The van der Waals surface area contributed by atoms with Crippen molar-refractivity contribution in [2.24, 2.45) is 5.73 Å². The molecular weight excluding hydrogens is 303 g/mol. The molecule has 1 atom stereocenters. The van der Waals surface area contributed by atoms with Crippen LogP contribution in [-0.2, 0) is 0 Å². The van der Waals surface area contributed by atoms with Crippen LogP contribution >= 0.6 is 34.5 Å². The van der Waals surface area contributed by atoms with E-state index in [-0.39, 0.29) is 6.04 Å². The molecule has 0 aliphatic carbocycles. The highest BCUT2D eigenvalue weighted by molar-refractivity contribution is 7.16. The third-order valence-electron chi connectivity index (χ3n) is 2.64. The molecule has 2 rings (SSSR count). The Morgan fingerprint density at radius 2 is 2.05 bits per heavy atom. The van der Waals surface area contributed by atoms with Gasteiger partial charge in [0.2, 0.25) is 5.91 Å².